The zero-order valence-corrected chi connectivity index (χ0v) is 31.9. The van der Waals surface area contributed by atoms with E-state index in [1.54, 1.807) is 0 Å². The summed E-state index contributed by atoms with van der Waals surface area (Å²) in [5.41, 5.74) is 14.8. The van der Waals surface area contributed by atoms with Crippen LogP contribution in [-0.2, 0) is 0 Å². The average molecular weight is 735 g/mol. The van der Waals surface area contributed by atoms with Crippen molar-refractivity contribution in [3.8, 4) is 66.8 Å². The van der Waals surface area contributed by atoms with Crippen molar-refractivity contribution in [1.82, 2.24) is 0 Å². The van der Waals surface area contributed by atoms with Crippen LogP contribution in [-0.4, -0.2) is 0 Å². The van der Waals surface area contributed by atoms with Crippen LogP contribution in [0.15, 0.2) is 231 Å². The molecule has 0 nitrogen and oxygen atoms in total. The van der Waals surface area contributed by atoms with Crippen molar-refractivity contribution in [1.29, 1.82) is 0 Å². The Labute approximate surface area is 339 Å². The molecule has 0 heterocycles. The Morgan fingerprint density at radius 3 is 0.862 bits per heavy atom. The Balaban J connectivity index is 0.934. The topological polar surface area (TPSA) is 0 Å². The molecule has 11 aromatic rings. The Bertz CT molecular complexity index is 3220. The van der Waals surface area contributed by atoms with Crippen molar-refractivity contribution in [2.75, 3.05) is 0 Å². The van der Waals surface area contributed by atoms with E-state index in [9.17, 15) is 0 Å². The van der Waals surface area contributed by atoms with Crippen LogP contribution in [0.4, 0.5) is 0 Å². The minimum atomic E-state index is 1.21. The fraction of sp³-hybridized carbons (Fsp3) is 0. The van der Waals surface area contributed by atoms with Crippen LogP contribution in [0.5, 0.6) is 0 Å². The highest BCUT2D eigenvalue weighted by Gasteiger charge is 2.17. The molecule has 0 saturated heterocycles. The van der Waals surface area contributed by atoms with Gasteiger partial charge in [-0.05, 0) is 128 Å². The Hall–Kier alpha value is -7.54. The Kier molecular flexibility index (Phi) is 8.26. The summed E-state index contributed by atoms with van der Waals surface area (Å²) in [4.78, 5) is 0. The van der Waals surface area contributed by atoms with Gasteiger partial charge in [0.25, 0.3) is 0 Å². The van der Waals surface area contributed by atoms with E-state index in [0.717, 1.165) is 0 Å². The third kappa shape index (κ3) is 6.04. The quantitative estimate of drug-likeness (QED) is 0.149. The molecule has 0 aliphatic heterocycles. The summed E-state index contributed by atoms with van der Waals surface area (Å²) in [6.07, 6.45) is 0. The monoisotopic (exact) mass is 734 g/mol. The second kappa shape index (κ2) is 14.2. The van der Waals surface area contributed by atoms with Crippen molar-refractivity contribution in [3.63, 3.8) is 0 Å². The predicted molar refractivity (Wildman–Crippen MR) is 249 cm³/mol. The van der Waals surface area contributed by atoms with Gasteiger partial charge in [-0.3, -0.25) is 0 Å². The fourth-order valence-electron chi connectivity index (χ4n) is 8.87. The van der Waals surface area contributed by atoms with Gasteiger partial charge in [-0.25, -0.2) is 0 Å². The number of rotatable bonds is 6. The number of hydrogen-bond acceptors (Lipinski definition) is 0. The molecule has 11 rings (SSSR count). The van der Waals surface area contributed by atoms with Crippen molar-refractivity contribution in [2.24, 2.45) is 0 Å². The largest absolute Gasteiger partial charge is 0.0622 e. The van der Waals surface area contributed by atoms with Crippen LogP contribution >= 0.6 is 0 Å². The van der Waals surface area contributed by atoms with Crippen LogP contribution in [0.1, 0.15) is 0 Å². The summed E-state index contributed by atoms with van der Waals surface area (Å²) in [6, 6.07) is 84.5. The van der Waals surface area contributed by atoms with Gasteiger partial charge in [0, 0.05) is 0 Å². The molecule has 0 unspecified atom stereocenters. The predicted octanol–water partition coefficient (Wildman–Crippen LogP) is 16.3. The maximum atomic E-state index is 2.32. The first-order valence-electron chi connectivity index (χ1n) is 20.1. The summed E-state index contributed by atoms with van der Waals surface area (Å²) < 4.78 is 0. The smallest absolute Gasteiger partial charge is 0.00264 e. The molecule has 0 N–H and O–H groups in total. The van der Waals surface area contributed by atoms with Crippen molar-refractivity contribution >= 4 is 43.1 Å². The van der Waals surface area contributed by atoms with Crippen molar-refractivity contribution in [2.45, 2.75) is 0 Å². The molecule has 0 heteroatoms. The highest BCUT2D eigenvalue weighted by atomic mass is 14.2. The summed E-state index contributed by atoms with van der Waals surface area (Å²) in [5.74, 6) is 0. The third-order valence-corrected chi connectivity index (χ3v) is 11.9. The van der Waals surface area contributed by atoms with Crippen LogP contribution in [0.25, 0.3) is 110 Å². The first kappa shape index (κ1) is 33.8. The lowest BCUT2D eigenvalue weighted by molar-refractivity contribution is 1.59. The number of benzene rings is 11. The zero-order valence-electron chi connectivity index (χ0n) is 31.9. The SMILES string of the molecule is c1ccc(-c2ccc3ccc(-c4ccc(-c5c6ccccc6c(-c6ccc(-c7ccc(-c8ccc9ccccc9c8)cc7)cc6)c6ccccc56)cc4)cc3c2)cc1. The molecule has 0 aliphatic carbocycles. The minimum Gasteiger partial charge on any atom is -0.0622 e. The van der Waals surface area contributed by atoms with Gasteiger partial charge in [0.15, 0.2) is 0 Å². The molecule has 0 saturated carbocycles. The summed E-state index contributed by atoms with van der Waals surface area (Å²) in [6.45, 7) is 0. The highest BCUT2D eigenvalue weighted by molar-refractivity contribution is 6.21. The maximum Gasteiger partial charge on any atom is -0.00264 e. The molecular weight excluding hydrogens is 697 g/mol. The van der Waals surface area contributed by atoms with Gasteiger partial charge in [-0.2, -0.15) is 0 Å². The van der Waals surface area contributed by atoms with Crippen LogP contribution < -0.4 is 0 Å². The normalized spacial score (nSPS) is 11.4. The van der Waals surface area contributed by atoms with Crippen molar-refractivity contribution in [3.05, 3.63) is 231 Å². The van der Waals surface area contributed by atoms with Gasteiger partial charge < -0.3 is 0 Å². The second-order valence-corrected chi connectivity index (χ2v) is 15.3. The van der Waals surface area contributed by atoms with Gasteiger partial charge in [-0.1, -0.05) is 212 Å². The fourth-order valence-corrected chi connectivity index (χ4v) is 8.87. The van der Waals surface area contributed by atoms with Crippen LogP contribution in [0, 0.1) is 0 Å². The van der Waals surface area contributed by atoms with E-state index in [4.69, 9.17) is 0 Å². The van der Waals surface area contributed by atoms with E-state index >= 15 is 0 Å². The molecule has 0 bridgehead atoms. The van der Waals surface area contributed by atoms with E-state index in [2.05, 4.69) is 231 Å². The second-order valence-electron chi connectivity index (χ2n) is 15.3. The molecule has 0 radical (unpaired) electrons. The molecule has 0 spiro atoms. The summed E-state index contributed by atoms with van der Waals surface area (Å²) >= 11 is 0. The summed E-state index contributed by atoms with van der Waals surface area (Å²) in [5, 5.41) is 10.1. The zero-order chi connectivity index (χ0) is 38.4. The van der Waals surface area contributed by atoms with Gasteiger partial charge >= 0.3 is 0 Å². The molecule has 58 heavy (non-hydrogen) atoms. The first-order chi connectivity index (χ1) is 28.7. The molecular formula is C58H38. The molecule has 0 fully saturated rings. The van der Waals surface area contributed by atoms with Crippen molar-refractivity contribution < 1.29 is 0 Å². The first-order valence-corrected chi connectivity index (χ1v) is 20.1. The number of hydrogen-bond donors (Lipinski definition) is 0. The Morgan fingerprint density at radius 1 is 0.155 bits per heavy atom. The highest BCUT2D eigenvalue weighted by Crippen LogP contribution is 2.44. The molecule has 0 aliphatic rings. The maximum absolute atomic E-state index is 2.32. The van der Waals surface area contributed by atoms with E-state index in [-0.39, 0.29) is 0 Å². The molecule has 0 atom stereocenters. The lowest BCUT2D eigenvalue weighted by Crippen LogP contribution is -1.91. The van der Waals surface area contributed by atoms with E-state index < -0.39 is 0 Å². The average Bonchev–Trinajstić information content (AvgIpc) is 3.30. The Morgan fingerprint density at radius 2 is 0.431 bits per heavy atom. The third-order valence-electron chi connectivity index (χ3n) is 11.9. The van der Waals surface area contributed by atoms with Gasteiger partial charge in [-0.15, -0.1) is 0 Å². The van der Waals surface area contributed by atoms with Gasteiger partial charge in [0.1, 0.15) is 0 Å². The number of fused-ring (bicyclic) bond motifs is 4. The van der Waals surface area contributed by atoms with Gasteiger partial charge in [0.2, 0.25) is 0 Å². The van der Waals surface area contributed by atoms with E-state index in [1.807, 2.05) is 0 Å². The molecule has 0 aromatic heterocycles. The lowest BCUT2D eigenvalue weighted by Gasteiger charge is -2.18. The molecule has 270 valence electrons. The lowest BCUT2D eigenvalue weighted by atomic mass is 9.85. The van der Waals surface area contributed by atoms with Crippen LogP contribution in [0.2, 0.25) is 0 Å². The summed E-state index contributed by atoms with van der Waals surface area (Å²) in [7, 11) is 0. The van der Waals surface area contributed by atoms with E-state index in [0.29, 0.717) is 0 Å². The minimum absolute atomic E-state index is 1.21. The standard InChI is InChI=1S/C58H38/c1-2-10-39(11-3-1)50-34-27-45-28-35-51(38-52(45)37-50)44-24-31-47(32-25-44)58-55-16-8-6-14-53(55)57(54-15-7-9-17-56(54)58)46-29-22-42(23-30-46)41-18-20-43(21-19-41)49-33-26-40-12-4-5-13-48(40)36-49/h1-38H. The van der Waals surface area contributed by atoms with Gasteiger partial charge in [0.05, 0.1) is 0 Å². The molecule has 0 amide bonds. The molecule has 11 aromatic carbocycles. The van der Waals surface area contributed by atoms with Crippen LogP contribution in [0.3, 0.4) is 0 Å². The van der Waals surface area contributed by atoms with E-state index in [1.165, 1.54) is 110 Å².